The minimum absolute atomic E-state index is 0.358. The van der Waals surface area contributed by atoms with Gasteiger partial charge in [0.25, 0.3) is 0 Å². The predicted octanol–water partition coefficient (Wildman–Crippen LogP) is 8.62. The summed E-state index contributed by atoms with van der Waals surface area (Å²) in [6.45, 7) is 3.81. The second kappa shape index (κ2) is 16.5. The van der Waals surface area contributed by atoms with Gasteiger partial charge in [-0.3, -0.25) is 9.80 Å². The third-order valence-corrected chi connectivity index (χ3v) is 10.9. The lowest BCUT2D eigenvalue weighted by atomic mass is 10.1. The molecule has 0 spiro atoms. The normalized spacial score (nSPS) is 16.1. The Morgan fingerprint density at radius 1 is 0.652 bits per heavy atom. The molecule has 2 aliphatic rings. The average molecular weight is 751 g/mol. The summed E-state index contributed by atoms with van der Waals surface area (Å²) in [6, 6.07) is 15.2. The Bertz CT molecular complexity index is 1590. The molecule has 15 heteroatoms. The molecule has 0 bridgehead atoms. The molecule has 0 saturated carbocycles. The largest absolute Gasteiger partial charge is 0.416 e. The van der Waals surface area contributed by atoms with Crippen LogP contribution in [-0.4, -0.2) is 59.9 Å². The van der Waals surface area contributed by atoms with E-state index in [1.165, 1.54) is 29.6 Å². The van der Waals surface area contributed by atoms with Crippen LogP contribution in [0.5, 0.6) is 0 Å². The maximum absolute atomic E-state index is 13.6. The Kier molecular flexibility index (Phi) is 12.7. The van der Waals surface area contributed by atoms with E-state index < -0.39 is 11.7 Å². The highest BCUT2D eigenvalue weighted by atomic mass is 35.5. The minimum atomic E-state index is -4.42. The number of hydrogen-bond acceptors (Lipinski definition) is 8. The molecule has 2 heterocycles. The first-order chi connectivity index (χ1) is 22.0. The number of thioether (sulfide) groups is 2. The summed E-state index contributed by atoms with van der Waals surface area (Å²) in [6.07, 6.45) is -2.82. The summed E-state index contributed by atoms with van der Waals surface area (Å²) >= 11 is 27.2. The van der Waals surface area contributed by atoms with Gasteiger partial charge in [-0.15, -0.1) is 0 Å². The third kappa shape index (κ3) is 10.3. The first-order valence-electron chi connectivity index (χ1n) is 14.4. The van der Waals surface area contributed by atoms with E-state index in [2.05, 4.69) is 30.4 Å². The lowest BCUT2D eigenvalue weighted by Crippen LogP contribution is -2.42. The zero-order valence-electron chi connectivity index (χ0n) is 24.5. The molecule has 3 aromatic carbocycles. The summed E-state index contributed by atoms with van der Waals surface area (Å²) in [7, 11) is 0. The molecule has 6 nitrogen and oxygen atoms in total. The van der Waals surface area contributed by atoms with Crippen LogP contribution >= 0.6 is 69.9 Å². The van der Waals surface area contributed by atoms with Crippen molar-refractivity contribution >= 4 is 80.3 Å². The predicted molar refractivity (Wildman–Crippen MR) is 188 cm³/mol. The molecule has 2 aliphatic heterocycles. The van der Waals surface area contributed by atoms with Crippen LogP contribution in [0.4, 0.5) is 13.2 Å². The minimum Gasteiger partial charge on any atom is -0.352 e. The second-order valence-corrected chi connectivity index (χ2v) is 14.3. The van der Waals surface area contributed by atoms with E-state index in [9.17, 15) is 13.2 Å². The van der Waals surface area contributed by atoms with Gasteiger partial charge in [0.1, 0.15) is 0 Å². The van der Waals surface area contributed by atoms with Gasteiger partial charge in [-0.25, -0.2) is 9.98 Å². The van der Waals surface area contributed by atoms with Gasteiger partial charge in [-0.2, -0.15) is 13.2 Å². The molecule has 0 radical (unpaired) electrons. The van der Waals surface area contributed by atoms with Crippen LogP contribution in [-0.2, 0) is 30.5 Å². The first kappa shape index (κ1) is 35.5. The highest BCUT2D eigenvalue weighted by Crippen LogP contribution is 2.33. The van der Waals surface area contributed by atoms with Gasteiger partial charge in [0.05, 0.1) is 52.3 Å². The molecule has 2 N–H and O–H groups in total. The quantitative estimate of drug-likeness (QED) is 0.217. The SMILES string of the molecule is FC(F)(F)c1ccc(CSC2=NCN(CCc3ccc(Cl)c(Cl)c3)CN2)c(CSC2=NCN(CCc3ccc(Cl)c(Cl)c3)CN2)c1. The van der Waals surface area contributed by atoms with E-state index in [4.69, 9.17) is 46.4 Å². The van der Waals surface area contributed by atoms with Gasteiger partial charge in [0.15, 0.2) is 10.3 Å². The molecule has 0 unspecified atom stereocenters. The monoisotopic (exact) mass is 748 g/mol. The molecular formula is C31H31Cl4F3N6S2. The summed E-state index contributed by atoms with van der Waals surface area (Å²) in [5.74, 6) is 0.850. The molecule has 5 rings (SSSR count). The summed E-state index contributed by atoms with van der Waals surface area (Å²) in [5, 5.41) is 10.2. The zero-order chi connectivity index (χ0) is 32.7. The standard InChI is InChI=1S/C31H31Cl4F3N6S2/c32-25-5-1-20(11-27(25)34)7-9-43-16-39-29(40-17-43)45-14-22-3-4-24(31(36,37)38)13-23(22)15-46-30-41-18-44(19-42-30)10-8-21-2-6-26(33)28(35)12-21/h1-6,11-13H,7-10,14-19H2,(H,39,40)(H,41,42). The maximum atomic E-state index is 13.6. The van der Waals surface area contributed by atoms with Crippen LogP contribution in [0.25, 0.3) is 0 Å². The van der Waals surface area contributed by atoms with Gasteiger partial charge in [0.2, 0.25) is 0 Å². The molecule has 3 aromatic rings. The number of nitrogens with zero attached hydrogens (tertiary/aromatic N) is 4. The van der Waals surface area contributed by atoms with Crippen LogP contribution in [0.1, 0.15) is 27.8 Å². The Balaban J connectivity index is 1.12. The van der Waals surface area contributed by atoms with Crippen LogP contribution < -0.4 is 10.6 Å². The lowest BCUT2D eigenvalue weighted by molar-refractivity contribution is -0.137. The fourth-order valence-electron chi connectivity index (χ4n) is 4.73. The van der Waals surface area contributed by atoms with E-state index in [0.717, 1.165) is 53.9 Å². The van der Waals surface area contributed by atoms with Gasteiger partial charge in [-0.1, -0.05) is 88.1 Å². The van der Waals surface area contributed by atoms with E-state index in [-0.39, 0.29) is 0 Å². The summed E-state index contributed by atoms with van der Waals surface area (Å²) in [4.78, 5) is 13.6. The lowest BCUT2D eigenvalue weighted by Gasteiger charge is -2.27. The maximum Gasteiger partial charge on any atom is 0.416 e. The molecule has 0 saturated heterocycles. The van der Waals surface area contributed by atoms with E-state index >= 15 is 0 Å². The van der Waals surface area contributed by atoms with Gasteiger partial charge >= 0.3 is 6.18 Å². The molecule has 0 aromatic heterocycles. The Morgan fingerprint density at radius 2 is 1.15 bits per heavy atom. The molecule has 0 fully saturated rings. The van der Waals surface area contributed by atoms with Gasteiger partial charge in [-0.05, 0) is 71.5 Å². The van der Waals surface area contributed by atoms with Crippen molar-refractivity contribution < 1.29 is 13.2 Å². The molecule has 46 heavy (non-hydrogen) atoms. The van der Waals surface area contributed by atoms with Gasteiger partial charge in [0, 0.05) is 24.6 Å². The van der Waals surface area contributed by atoms with E-state index in [1.807, 2.05) is 24.3 Å². The summed E-state index contributed by atoms with van der Waals surface area (Å²) < 4.78 is 40.7. The Hall–Kier alpha value is -1.83. The van der Waals surface area contributed by atoms with Crippen molar-refractivity contribution in [3.05, 3.63) is 103 Å². The number of amidine groups is 2. The first-order valence-corrected chi connectivity index (χ1v) is 17.9. The van der Waals surface area contributed by atoms with Crippen LogP contribution in [0.15, 0.2) is 64.6 Å². The fourth-order valence-corrected chi connectivity index (χ4v) is 7.13. The van der Waals surface area contributed by atoms with E-state index in [1.54, 1.807) is 18.2 Å². The van der Waals surface area contributed by atoms with Crippen molar-refractivity contribution in [2.24, 2.45) is 9.98 Å². The van der Waals surface area contributed by atoms with Crippen molar-refractivity contribution in [1.82, 2.24) is 20.4 Å². The third-order valence-electron chi connectivity index (χ3n) is 7.40. The number of nitrogens with one attached hydrogen (secondary N) is 2. The van der Waals surface area contributed by atoms with Crippen molar-refractivity contribution in [3.8, 4) is 0 Å². The molecule has 246 valence electrons. The topological polar surface area (TPSA) is 55.3 Å². The van der Waals surface area contributed by atoms with Crippen LogP contribution in [0.2, 0.25) is 20.1 Å². The zero-order valence-corrected chi connectivity index (χ0v) is 29.2. The fraction of sp³-hybridized carbons (Fsp3) is 0.355. The van der Waals surface area contributed by atoms with Crippen molar-refractivity contribution in [1.29, 1.82) is 0 Å². The molecule has 0 aliphatic carbocycles. The van der Waals surface area contributed by atoms with E-state index in [0.29, 0.717) is 69.0 Å². The number of alkyl halides is 3. The number of benzene rings is 3. The number of halogens is 7. The molecule has 0 amide bonds. The molecular weight excluding hydrogens is 719 g/mol. The number of hydrogen-bond donors (Lipinski definition) is 2. The van der Waals surface area contributed by atoms with Gasteiger partial charge < -0.3 is 10.6 Å². The summed E-state index contributed by atoms with van der Waals surface area (Å²) in [5.41, 5.74) is 2.97. The van der Waals surface area contributed by atoms with Crippen molar-refractivity contribution in [2.75, 3.05) is 39.8 Å². The average Bonchev–Trinajstić information content (AvgIpc) is 3.04. The Labute approximate surface area is 295 Å². The molecule has 0 atom stereocenters. The second-order valence-electron chi connectivity index (χ2n) is 10.7. The smallest absolute Gasteiger partial charge is 0.352 e. The van der Waals surface area contributed by atoms with Crippen LogP contribution in [0, 0.1) is 0 Å². The Morgan fingerprint density at radius 3 is 1.59 bits per heavy atom. The van der Waals surface area contributed by atoms with Crippen LogP contribution in [0.3, 0.4) is 0 Å². The number of rotatable bonds is 10. The van der Waals surface area contributed by atoms with Crippen molar-refractivity contribution in [3.63, 3.8) is 0 Å². The number of aliphatic imine (C=N–C) groups is 2. The highest BCUT2D eigenvalue weighted by Gasteiger charge is 2.31. The highest BCUT2D eigenvalue weighted by molar-refractivity contribution is 8.13. The van der Waals surface area contributed by atoms with Crippen molar-refractivity contribution in [2.45, 2.75) is 30.5 Å².